The number of nitrogens with one attached hydrogen (secondary N) is 1. The summed E-state index contributed by atoms with van der Waals surface area (Å²) in [6, 6.07) is 3.38. The van der Waals surface area contributed by atoms with E-state index < -0.39 is 11.9 Å². The molecule has 0 saturated heterocycles. The Bertz CT molecular complexity index is 815. The fourth-order valence-electron chi connectivity index (χ4n) is 2.89. The van der Waals surface area contributed by atoms with E-state index in [9.17, 15) is 10.2 Å². The van der Waals surface area contributed by atoms with E-state index in [2.05, 4.69) is 11.2 Å². The number of nitrogens with zero attached hydrogens (tertiary/aromatic N) is 1. The van der Waals surface area contributed by atoms with Gasteiger partial charge in [-0.1, -0.05) is 12.2 Å². The number of rotatable bonds is 5. The van der Waals surface area contributed by atoms with Gasteiger partial charge < -0.3 is 29.7 Å². The number of benzene rings is 1. The van der Waals surface area contributed by atoms with Gasteiger partial charge in [-0.25, -0.2) is 4.79 Å². The maximum atomic E-state index is 12.4. The van der Waals surface area contributed by atoms with Crippen LogP contribution in [0.1, 0.15) is 18.4 Å². The van der Waals surface area contributed by atoms with Crippen LogP contribution in [0.5, 0.6) is 17.2 Å². The number of hydrogen-bond acceptors (Lipinski definition) is 6. The van der Waals surface area contributed by atoms with Gasteiger partial charge in [-0.3, -0.25) is 5.87 Å². The number of ether oxygens (including phenoxy) is 4. The molecule has 1 aromatic carbocycles. The monoisotopic (exact) mass is 375 g/mol. The van der Waals surface area contributed by atoms with E-state index >= 15 is 0 Å². The van der Waals surface area contributed by atoms with Crippen molar-refractivity contribution in [3.05, 3.63) is 39.9 Å². The van der Waals surface area contributed by atoms with Crippen molar-refractivity contribution in [1.29, 1.82) is 0 Å². The van der Waals surface area contributed by atoms with Crippen LogP contribution in [0.4, 0.5) is 0 Å². The summed E-state index contributed by atoms with van der Waals surface area (Å²) in [5, 5.41) is 12.5. The second-order valence-corrected chi connectivity index (χ2v) is 5.81. The molecule has 1 aliphatic rings. The van der Waals surface area contributed by atoms with Gasteiger partial charge >= 0.3 is 5.97 Å². The molecular weight excluding hydrogens is 356 g/mol. The summed E-state index contributed by atoms with van der Waals surface area (Å²) in [7, 11) is 5.76. The summed E-state index contributed by atoms with van der Waals surface area (Å²) in [5.74, 6) is 2.06. The van der Waals surface area contributed by atoms with Crippen molar-refractivity contribution in [2.75, 3.05) is 28.4 Å². The van der Waals surface area contributed by atoms with Gasteiger partial charge in [0.15, 0.2) is 11.5 Å². The van der Waals surface area contributed by atoms with E-state index in [0.29, 0.717) is 34.1 Å². The Morgan fingerprint density at radius 3 is 2.15 bits per heavy atom. The Kier molecular flexibility index (Phi) is 6.02. The first-order chi connectivity index (χ1) is 12.4. The van der Waals surface area contributed by atoms with Crippen LogP contribution in [0, 0.1) is 0 Å². The second-order valence-electron chi connectivity index (χ2n) is 5.40. The number of carbonyl (C=O) groups is 1. The molecule has 1 aromatic rings. The van der Waals surface area contributed by atoms with Crippen LogP contribution in [0.15, 0.2) is 29.0 Å². The molecule has 0 saturated carbocycles. The Balaban J connectivity index is 2.80. The molecule has 0 aliphatic carbocycles. The van der Waals surface area contributed by atoms with Gasteiger partial charge in [0, 0.05) is 11.3 Å². The van der Waals surface area contributed by atoms with Crippen molar-refractivity contribution in [2.45, 2.75) is 12.8 Å². The highest BCUT2D eigenvalue weighted by Gasteiger charge is 2.35. The molecule has 2 rings (SSSR count). The molecular formula is C18H19N2O5S-. The molecule has 1 unspecified atom stereocenters. The maximum Gasteiger partial charge on any atom is 0.336 e. The number of hydrogen-bond donors (Lipinski definition) is 1. The molecule has 1 aliphatic heterocycles. The normalized spacial score (nSPS) is 16.6. The van der Waals surface area contributed by atoms with Crippen LogP contribution in [0.2, 0.25) is 0 Å². The standard InChI is InChI=1S/C18H19N2O5S/c1-9-14(18(21)25-5)15(11(8-19)17(26)20-9)10-6-12(22-2)16(24-4)13(7-10)23-3/h6-7,15H,1-5H3,(H,20,26)/q-1. The molecule has 1 atom stereocenters. The first kappa shape index (κ1) is 19.5. The van der Waals surface area contributed by atoms with Crippen LogP contribution in [-0.2, 0) is 9.53 Å². The summed E-state index contributed by atoms with van der Waals surface area (Å²) >= 11 is 5.28. The topological polar surface area (TPSA) is 88.3 Å². The molecule has 0 fully saturated rings. The zero-order valence-electron chi connectivity index (χ0n) is 15.1. The molecule has 7 nitrogen and oxygen atoms in total. The number of allylic oxidation sites excluding steroid dienone is 1. The minimum absolute atomic E-state index is 0.236. The van der Waals surface area contributed by atoms with Crippen molar-refractivity contribution in [3.8, 4) is 17.2 Å². The molecule has 138 valence electrons. The Labute approximate surface area is 157 Å². The smallest absolute Gasteiger partial charge is 0.336 e. The lowest BCUT2D eigenvalue weighted by atomic mass is 9.81. The van der Waals surface area contributed by atoms with Gasteiger partial charge in [-0.2, -0.15) is 0 Å². The fraction of sp³-hybridized carbons (Fsp3) is 0.333. The van der Waals surface area contributed by atoms with Crippen LogP contribution < -0.4 is 19.5 Å². The molecule has 1 N–H and O–H groups in total. The first-order valence-corrected chi connectivity index (χ1v) is 8.01. The first-order valence-electron chi connectivity index (χ1n) is 7.60. The Morgan fingerprint density at radius 1 is 1.15 bits per heavy atom. The highest BCUT2D eigenvalue weighted by molar-refractivity contribution is 7.80. The molecule has 0 spiro atoms. The van der Waals surface area contributed by atoms with E-state index in [-0.39, 0.29) is 10.6 Å². The van der Waals surface area contributed by atoms with Crippen LogP contribution >= 0.6 is 12.2 Å². The summed E-state index contributed by atoms with van der Waals surface area (Å²) in [4.78, 5) is 12.6. The number of carbonyl (C=O) groups excluding carboxylic acids is 1. The SMILES string of the molecule is COC(=O)C1=C(C)NC(=S)C(=C=[N-])C1c1cc(OC)c(OC)c(OC)c1. The summed E-state index contributed by atoms with van der Waals surface area (Å²) in [6.45, 7) is 1.71. The van der Waals surface area contributed by atoms with E-state index in [1.807, 2.05) is 0 Å². The third-order valence-corrected chi connectivity index (χ3v) is 4.40. The van der Waals surface area contributed by atoms with E-state index in [1.54, 1.807) is 19.1 Å². The zero-order valence-corrected chi connectivity index (χ0v) is 15.9. The van der Waals surface area contributed by atoms with E-state index in [1.165, 1.54) is 28.4 Å². The van der Waals surface area contributed by atoms with Gasteiger partial charge in [0.25, 0.3) is 0 Å². The van der Waals surface area contributed by atoms with Gasteiger partial charge in [0.2, 0.25) is 5.75 Å². The van der Waals surface area contributed by atoms with Gasteiger partial charge in [-0.15, -0.1) is 0 Å². The van der Waals surface area contributed by atoms with E-state index in [4.69, 9.17) is 31.2 Å². The fourth-order valence-corrected chi connectivity index (χ4v) is 3.21. The van der Waals surface area contributed by atoms with Gasteiger partial charge in [0.1, 0.15) is 4.99 Å². The Hall–Kier alpha value is -2.83. The highest BCUT2D eigenvalue weighted by Crippen LogP contribution is 2.44. The number of methoxy groups -OCH3 is 4. The van der Waals surface area contributed by atoms with Crippen molar-refractivity contribution in [1.82, 2.24) is 5.32 Å². The lowest BCUT2D eigenvalue weighted by Gasteiger charge is -2.30. The predicted molar refractivity (Wildman–Crippen MR) is 101 cm³/mol. The third-order valence-electron chi connectivity index (χ3n) is 4.07. The van der Waals surface area contributed by atoms with Crippen molar-refractivity contribution >= 4 is 29.0 Å². The third kappa shape index (κ3) is 3.29. The zero-order chi connectivity index (χ0) is 19.4. The molecule has 1 heterocycles. The second kappa shape index (κ2) is 8.03. The largest absolute Gasteiger partial charge is 0.763 e. The molecule has 0 aromatic heterocycles. The number of thiocarbonyl (C=S) groups is 1. The highest BCUT2D eigenvalue weighted by atomic mass is 32.1. The summed E-state index contributed by atoms with van der Waals surface area (Å²) in [5.41, 5.74) is 1.66. The van der Waals surface area contributed by atoms with Gasteiger partial charge in [0.05, 0.1) is 39.9 Å². The molecule has 0 bridgehead atoms. The molecule has 0 radical (unpaired) electrons. The summed E-state index contributed by atoms with van der Waals surface area (Å²) < 4.78 is 21.0. The average Bonchev–Trinajstić information content (AvgIpc) is 2.65. The van der Waals surface area contributed by atoms with Crippen LogP contribution in [0.3, 0.4) is 0 Å². The lowest BCUT2D eigenvalue weighted by molar-refractivity contribution is -0.136. The quantitative estimate of drug-likeness (QED) is 0.366. The van der Waals surface area contributed by atoms with Crippen LogP contribution in [0.25, 0.3) is 5.41 Å². The average molecular weight is 375 g/mol. The van der Waals surface area contributed by atoms with Crippen LogP contribution in [-0.4, -0.2) is 45.3 Å². The minimum Gasteiger partial charge on any atom is -0.763 e. The van der Waals surface area contributed by atoms with Crippen molar-refractivity contribution < 1.29 is 23.7 Å². The predicted octanol–water partition coefficient (Wildman–Crippen LogP) is 2.34. The molecule has 8 heteroatoms. The maximum absolute atomic E-state index is 12.4. The van der Waals surface area contributed by atoms with Crippen molar-refractivity contribution in [3.63, 3.8) is 0 Å². The summed E-state index contributed by atoms with van der Waals surface area (Å²) in [6.07, 6.45) is 0. The lowest BCUT2D eigenvalue weighted by Crippen LogP contribution is -2.35. The Morgan fingerprint density at radius 2 is 1.73 bits per heavy atom. The molecule has 0 amide bonds. The van der Waals surface area contributed by atoms with E-state index in [0.717, 1.165) is 0 Å². The number of esters is 1. The minimum atomic E-state index is -0.713. The van der Waals surface area contributed by atoms with Crippen molar-refractivity contribution in [2.24, 2.45) is 0 Å². The molecule has 26 heavy (non-hydrogen) atoms. The van der Waals surface area contributed by atoms with Gasteiger partial charge in [-0.05, 0) is 24.6 Å².